The van der Waals surface area contributed by atoms with Crippen LogP contribution >= 0.6 is 0 Å². The van der Waals surface area contributed by atoms with Crippen molar-refractivity contribution in [1.29, 1.82) is 0 Å². The van der Waals surface area contributed by atoms with Crippen LogP contribution in [0.5, 0.6) is 0 Å². The highest BCUT2D eigenvalue weighted by atomic mass is 16.3. The predicted molar refractivity (Wildman–Crippen MR) is 220 cm³/mol. The summed E-state index contributed by atoms with van der Waals surface area (Å²) in [6.45, 7) is 0. The summed E-state index contributed by atoms with van der Waals surface area (Å²) in [5, 5.41) is 8.37. The van der Waals surface area contributed by atoms with E-state index in [-0.39, 0.29) is 0 Å². The van der Waals surface area contributed by atoms with Crippen molar-refractivity contribution >= 4 is 76.5 Å². The number of aromatic nitrogens is 5. The molecule has 12 rings (SSSR count). The van der Waals surface area contributed by atoms with Crippen LogP contribution in [0, 0.1) is 0 Å². The van der Waals surface area contributed by atoms with E-state index in [9.17, 15) is 0 Å². The van der Waals surface area contributed by atoms with Crippen LogP contribution in [0.15, 0.2) is 173 Å². The molecular formula is C48H27N5O2. The first-order valence-corrected chi connectivity index (χ1v) is 18.2. The van der Waals surface area contributed by atoms with Gasteiger partial charge in [-0.2, -0.15) is 9.97 Å². The minimum atomic E-state index is 0.538. The van der Waals surface area contributed by atoms with Crippen LogP contribution < -0.4 is 0 Å². The van der Waals surface area contributed by atoms with Gasteiger partial charge in [-0.05, 0) is 52.7 Å². The molecule has 0 saturated carbocycles. The molecule has 7 heteroatoms. The fourth-order valence-electron chi connectivity index (χ4n) is 8.39. The molecule has 0 spiro atoms. The van der Waals surface area contributed by atoms with Crippen molar-refractivity contribution < 1.29 is 8.83 Å². The van der Waals surface area contributed by atoms with E-state index in [0.29, 0.717) is 17.6 Å². The average molecular weight is 706 g/mol. The molecular weight excluding hydrogens is 679 g/mol. The molecule has 7 nitrogen and oxygen atoms in total. The molecule has 5 aromatic heterocycles. The molecule has 0 saturated heterocycles. The van der Waals surface area contributed by atoms with E-state index in [4.69, 9.17) is 23.8 Å². The number of benzene rings is 7. The van der Waals surface area contributed by atoms with E-state index in [1.807, 2.05) is 42.6 Å². The van der Waals surface area contributed by atoms with Gasteiger partial charge in [-0.15, -0.1) is 0 Å². The number of fused-ring (bicyclic) bond motifs is 10. The van der Waals surface area contributed by atoms with Crippen molar-refractivity contribution in [2.75, 3.05) is 0 Å². The molecule has 0 N–H and O–H groups in total. The maximum absolute atomic E-state index is 6.47. The summed E-state index contributed by atoms with van der Waals surface area (Å²) in [6.07, 6.45) is 3.63. The second-order valence-corrected chi connectivity index (χ2v) is 13.8. The van der Waals surface area contributed by atoms with E-state index in [1.54, 1.807) is 6.20 Å². The Bertz CT molecular complexity index is 3470. The lowest BCUT2D eigenvalue weighted by Gasteiger charge is -2.14. The summed E-state index contributed by atoms with van der Waals surface area (Å²) in [5.41, 5.74) is 9.13. The highest BCUT2D eigenvalue weighted by Gasteiger charge is 2.22. The van der Waals surface area contributed by atoms with Gasteiger partial charge in [0.25, 0.3) is 0 Å². The highest BCUT2D eigenvalue weighted by Crippen LogP contribution is 2.42. The van der Waals surface area contributed by atoms with Gasteiger partial charge in [-0.1, -0.05) is 115 Å². The monoisotopic (exact) mass is 705 g/mol. The van der Waals surface area contributed by atoms with Gasteiger partial charge in [0.2, 0.25) is 5.95 Å². The second kappa shape index (κ2) is 11.4. The lowest BCUT2D eigenvalue weighted by molar-refractivity contribution is 0.669. The third-order valence-electron chi connectivity index (χ3n) is 10.8. The molecule has 0 radical (unpaired) electrons. The van der Waals surface area contributed by atoms with Crippen LogP contribution in [-0.2, 0) is 0 Å². The Morgan fingerprint density at radius 3 is 1.76 bits per heavy atom. The van der Waals surface area contributed by atoms with Crippen molar-refractivity contribution in [3.05, 3.63) is 164 Å². The van der Waals surface area contributed by atoms with E-state index in [1.165, 1.54) is 0 Å². The summed E-state index contributed by atoms with van der Waals surface area (Å²) >= 11 is 0. The molecule has 0 aliphatic rings. The number of hydrogen-bond acceptors (Lipinski definition) is 6. The number of rotatable bonds is 4. The van der Waals surface area contributed by atoms with E-state index in [0.717, 1.165) is 98.7 Å². The molecule has 5 heterocycles. The summed E-state index contributed by atoms with van der Waals surface area (Å²) in [4.78, 5) is 20.3. The molecule has 0 aliphatic heterocycles. The molecule has 0 fully saturated rings. The predicted octanol–water partition coefficient (Wildman–Crippen LogP) is 12.3. The van der Waals surface area contributed by atoms with E-state index in [2.05, 4.69) is 125 Å². The van der Waals surface area contributed by atoms with Crippen LogP contribution in [0.3, 0.4) is 0 Å². The third-order valence-corrected chi connectivity index (χ3v) is 10.8. The molecule has 0 unspecified atom stereocenters. The molecule has 0 bridgehead atoms. The minimum Gasteiger partial charge on any atom is -0.456 e. The van der Waals surface area contributed by atoms with Crippen molar-refractivity contribution in [3.63, 3.8) is 0 Å². The van der Waals surface area contributed by atoms with Crippen LogP contribution in [0.25, 0.3) is 116 Å². The second-order valence-electron chi connectivity index (χ2n) is 13.8. The maximum atomic E-state index is 6.47. The fourth-order valence-corrected chi connectivity index (χ4v) is 8.39. The Kier molecular flexibility index (Phi) is 6.21. The summed E-state index contributed by atoms with van der Waals surface area (Å²) in [6, 6.07) is 52.0. The average Bonchev–Trinajstić information content (AvgIpc) is 3.93. The van der Waals surface area contributed by atoms with E-state index < -0.39 is 0 Å². The Hall–Kier alpha value is -7.64. The lowest BCUT2D eigenvalue weighted by Crippen LogP contribution is -2.06. The normalized spacial score (nSPS) is 12.0. The minimum absolute atomic E-state index is 0.538. The number of para-hydroxylation sites is 4. The zero-order valence-electron chi connectivity index (χ0n) is 29.1. The zero-order chi connectivity index (χ0) is 36.0. The summed E-state index contributed by atoms with van der Waals surface area (Å²) < 4.78 is 14.9. The van der Waals surface area contributed by atoms with Crippen LogP contribution in [0.4, 0.5) is 0 Å². The largest absolute Gasteiger partial charge is 0.456 e. The Balaban J connectivity index is 1.15. The highest BCUT2D eigenvalue weighted by molar-refractivity contribution is 6.14. The van der Waals surface area contributed by atoms with Gasteiger partial charge in [0.15, 0.2) is 11.6 Å². The van der Waals surface area contributed by atoms with Crippen molar-refractivity contribution in [3.8, 4) is 39.9 Å². The molecule has 0 aliphatic carbocycles. The molecule has 7 aromatic carbocycles. The number of pyridine rings is 1. The smallest absolute Gasteiger partial charge is 0.238 e. The van der Waals surface area contributed by atoms with Crippen LogP contribution in [0.2, 0.25) is 0 Å². The number of hydrogen-bond donors (Lipinski definition) is 0. The molecule has 55 heavy (non-hydrogen) atoms. The van der Waals surface area contributed by atoms with Gasteiger partial charge in [-0.25, -0.2) is 4.98 Å². The van der Waals surface area contributed by atoms with Crippen molar-refractivity contribution in [2.45, 2.75) is 0 Å². The molecule has 0 atom stereocenters. The first-order chi connectivity index (χ1) is 27.3. The standard InChI is InChI=1S/C48H27N5O2/c1-2-12-29-28(11-1)30(33-16-9-17-34-38-27-49-26-25-42(38)55-45(33)34)23-24-35(29)46-50-47(37-18-10-22-43-44(37)36-15-5-8-21-41(36)54-43)52-48(51-46)53-39-19-6-3-13-31(39)32-14-4-7-20-40(32)53/h1-27H. The Morgan fingerprint density at radius 1 is 0.382 bits per heavy atom. The number of furan rings is 2. The van der Waals surface area contributed by atoms with Gasteiger partial charge in [0, 0.05) is 61.4 Å². The maximum Gasteiger partial charge on any atom is 0.238 e. The Morgan fingerprint density at radius 2 is 0.964 bits per heavy atom. The molecule has 12 aromatic rings. The summed E-state index contributed by atoms with van der Waals surface area (Å²) in [7, 11) is 0. The molecule has 256 valence electrons. The third kappa shape index (κ3) is 4.38. The lowest BCUT2D eigenvalue weighted by atomic mass is 9.93. The van der Waals surface area contributed by atoms with Gasteiger partial charge >= 0.3 is 0 Å². The van der Waals surface area contributed by atoms with Gasteiger partial charge < -0.3 is 8.83 Å². The van der Waals surface area contributed by atoms with Crippen LogP contribution in [0.1, 0.15) is 0 Å². The van der Waals surface area contributed by atoms with Crippen molar-refractivity contribution in [2.24, 2.45) is 0 Å². The topological polar surface area (TPSA) is 82.8 Å². The van der Waals surface area contributed by atoms with Gasteiger partial charge in [-0.3, -0.25) is 9.55 Å². The molecule has 0 amide bonds. The Labute approximate surface area is 312 Å². The summed E-state index contributed by atoms with van der Waals surface area (Å²) in [5.74, 6) is 1.67. The fraction of sp³-hybridized carbons (Fsp3) is 0. The first-order valence-electron chi connectivity index (χ1n) is 18.2. The first kappa shape index (κ1) is 29.9. The van der Waals surface area contributed by atoms with Gasteiger partial charge in [0.05, 0.1) is 11.0 Å². The zero-order valence-corrected chi connectivity index (χ0v) is 29.1. The number of nitrogens with zero attached hydrogens (tertiary/aromatic N) is 5. The van der Waals surface area contributed by atoms with Crippen molar-refractivity contribution in [1.82, 2.24) is 24.5 Å². The quantitative estimate of drug-likeness (QED) is 0.181. The van der Waals surface area contributed by atoms with E-state index >= 15 is 0 Å². The van der Waals surface area contributed by atoms with Crippen LogP contribution in [-0.4, -0.2) is 24.5 Å². The SMILES string of the molecule is c1ccc2c(c1)oc1cccc(-c3nc(-c4ccc(-c5cccc6c5oc5ccncc56)c5ccccc45)nc(-n4c5ccccc5c5ccccc54)n3)c12. The van der Waals surface area contributed by atoms with Gasteiger partial charge in [0.1, 0.15) is 22.3 Å².